The molecule has 4 heteroatoms. The third-order valence-electron chi connectivity index (χ3n) is 4.86. The van der Waals surface area contributed by atoms with E-state index in [0.717, 1.165) is 5.75 Å². The van der Waals surface area contributed by atoms with Crippen LogP contribution in [0.2, 0.25) is 0 Å². The minimum atomic E-state index is -0.475. The van der Waals surface area contributed by atoms with Gasteiger partial charge in [0.05, 0.1) is 0 Å². The summed E-state index contributed by atoms with van der Waals surface area (Å²) in [7, 11) is 0. The Kier molecular flexibility index (Phi) is 6.94. The highest BCUT2D eigenvalue weighted by Crippen LogP contribution is 2.38. The van der Waals surface area contributed by atoms with Gasteiger partial charge in [-0.25, -0.2) is 0 Å². The molecule has 2 rings (SSSR count). The highest BCUT2D eigenvalue weighted by molar-refractivity contribution is 5.85. The van der Waals surface area contributed by atoms with Crippen molar-refractivity contribution in [1.82, 2.24) is 4.90 Å². The molecule has 1 aromatic rings. The van der Waals surface area contributed by atoms with E-state index in [4.69, 9.17) is 4.74 Å². The number of aryl methyl sites for hydroxylation is 1. The van der Waals surface area contributed by atoms with Gasteiger partial charge in [-0.15, -0.1) is 12.4 Å². The number of benzene rings is 1. The van der Waals surface area contributed by atoms with Gasteiger partial charge in [0.1, 0.15) is 18.5 Å². The number of aliphatic hydroxyl groups excluding tert-OH is 1. The van der Waals surface area contributed by atoms with Gasteiger partial charge in [-0.3, -0.25) is 4.90 Å². The van der Waals surface area contributed by atoms with E-state index in [9.17, 15) is 5.11 Å². The van der Waals surface area contributed by atoms with E-state index >= 15 is 0 Å². The van der Waals surface area contributed by atoms with Gasteiger partial charge < -0.3 is 9.84 Å². The van der Waals surface area contributed by atoms with Crippen LogP contribution in [-0.4, -0.2) is 40.3 Å². The van der Waals surface area contributed by atoms with Crippen LogP contribution in [0, 0.1) is 6.92 Å². The molecule has 1 aromatic carbocycles. The van der Waals surface area contributed by atoms with Crippen LogP contribution in [0.15, 0.2) is 24.3 Å². The lowest BCUT2D eigenvalue weighted by Gasteiger charge is -2.53. The fourth-order valence-electron chi connectivity index (χ4n) is 3.70. The first-order chi connectivity index (χ1) is 10.2. The van der Waals surface area contributed by atoms with Crippen LogP contribution in [-0.2, 0) is 0 Å². The minimum absolute atomic E-state index is 0. The Hall–Kier alpha value is -0.770. The molecule has 1 atom stereocenters. The van der Waals surface area contributed by atoms with Crippen LogP contribution in [0.1, 0.15) is 52.5 Å². The number of hydrogen-bond donors (Lipinski definition) is 1. The van der Waals surface area contributed by atoms with Crippen LogP contribution in [0.4, 0.5) is 0 Å². The molecule has 1 unspecified atom stereocenters. The average Bonchev–Trinajstić information content (AvgIpc) is 2.40. The van der Waals surface area contributed by atoms with Gasteiger partial charge in [0.15, 0.2) is 0 Å². The molecular formula is C19H32ClNO2. The van der Waals surface area contributed by atoms with Crippen molar-refractivity contribution in [3.63, 3.8) is 0 Å². The predicted molar refractivity (Wildman–Crippen MR) is 98.6 cm³/mol. The molecule has 1 aliphatic rings. The highest BCUT2D eigenvalue weighted by atomic mass is 35.5. The molecule has 1 saturated heterocycles. The monoisotopic (exact) mass is 341 g/mol. The van der Waals surface area contributed by atoms with Crippen molar-refractivity contribution in [2.75, 3.05) is 13.2 Å². The van der Waals surface area contributed by atoms with Crippen LogP contribution < -0.4 is 4.74 Å². The molecule has 1 fully saturated rings. The number of aliphatic hydroxyl groups is 1. The van der Waals surface area contributed by atoms with Crippen LogP contribution in [0.25, 0.3) is 0 Å². The fraction of sp³-hybridized carbons (Fsp3) is 0.684. The number of likely N-dealkylation sites (tertiary alicyclic amines) is 1. The summed E-state index contributed by atoms with van der Waals surface area (Å²) in [5.41, 5.74) is 1.43. The molecular weight excluding hydrogens is 310 g/mol. The first kappa shape index (κ1) is 20.3. The van der Waals surface area contributed by atoms with Crippen molar-refractivity contribution in [2.45, 2.75) is 71.1 Å². The summed E-state index contributed by atoms with van der Waals surface area (Å²) >= 11 is 0. The van der Waals surface area contributed by atoms with Crippen molar-refractivity contribution >= 4 is 12.4 Å². The third kappa shape index (κ3) is 5.37. The standard InChI is InChI=1S/C19H31NO2.ClH/c1-15-8-6-9-17(12-15)22-14-16(21)13-20-18(2,3)10-7-11-19(20,4)5;/h6,8-9,12,16,21H,7,10-11,13-14H2,1-5H3;1H. The molecule has 1 N–H and O–H groups in total. The van der Waals surface area contributed by atoms with E-state index in [1.807, 2.05) is 31.2 Å². The van der Waals surface area contributed by atoms with Gasteiger partial charge in [-0.2, -0.15) is 0 Å². The fourth-order valence-corrected chi connectivity index (χ4v) is 3.70. The molecule has 0 spiro atoms. The highest BCUT2D eigenvalue weighted by Gasteiger charge is 2.41. The maximum atomic E-state index is 10.4. The Balaban J connectivity index is 0.00000264. The van der Waals surface area contributed by atoms with E-state index in [1.54, 1.807) is 0 Å². The second-order valence-electron chi connectivity index (χ2n) is 7.87. The number of halogens is 1. The molecule has 0 aromatic heterocycles. The van der Waals surface area contributed by atoms with Gasteiger partial charge in [0.2, 0.25) is 0 Å². The number of ether oxygens (including phenoxy) is 1. The lowest BCUT2D eigenvalue weighted by atomic mass is 9.79. The summed E-state index contributed by atoms with van der Waals surface area (Å²) in [6.07, 6.45) is 3.15. The van der Waals surface area contributed by atoms with Crippen molar-refractivity contribution in [1.29, 1.82) is 0 Å². The Morgan fingerprint density at radius 2 is 1.78 bits per heavy atom. The van der Waals surface area contributed by atoms with Crippen LogP contribution in [0.5, 0.6) is 5.75 Å². The SMILES string of the molecule is Cc1cccc(OCC(O)CN2C(C)(C)CCCC2(C)C)c1.Cl. The van der Waals surface area contributed by atoms with E-state index in [2.05, 4.69) is 32.6 Å². The molecule has 1 aliphatic heterocycles. The Morgan fingerprint density at radius 1 is 1.17 bits per heavy atom. The van der Waals surface area contributed by atoms with Gasteiger partial charge in [0.25, 0.3) is 0 Å². The summed E-state index contributed by atoms with van der Waals surface area (Å²) in [4.78, 5) is 2.45. The van der Waals surface area contributed by atoms with Crippen molar-refractivity contribution < 1.29 is 9.84 Å². The van der Waals surface area contributed by atoms with Crippen molar-refractivity contribution in [3.8, 4) is 5.75 Å². The van der Waals surface area contributed by atoms with Gasteiger partial charge >= 0.3 is 0 Å². The molecule has 132 valence electrons. The quantitative estimate of drug-likeness (QED) is 0.871. The van der Waals surface area contributed by atoms with Crippen LogP contribution >= 0.6 is 12.4 Å². The minimum Gasteiger partial charge on any atom is -0.491 e. The van der Waals surface area contributed by atoms with Crippen molar-refractivity contribution in [3.05, 3.63) is 29.8 Å². The summed E-state index contributed by atoms with van der Waals surface area (Å²) in [6, 6.07) is 7.96. The number of rotatable bonds is 5. The van der Waals surface area contributed by atoms with Gasteiger partial charge in [-0.05, 0) is 71.6 Å². The number of hydrogen-bond acceptors (Lipinski definition) is 3. The second-order valence-corrected chi connectivity index (χ2v) is 7.87. The largest absolute Gasteiger partial charge is 0.491 e. The predicted octanol–water partition coefficient (Wildman–Crippen LogP) is 4.20. The zero-order valence-electron chi connectivity index (χ0n) is 15.1. The molecule has 0 aliphatic carbocycles. The maximum absolute atomic E-state index is 10.4. The average molecular weight is 342 g/mol. The summed E-state index contributed by atoms with van der Waals surface area (Å²) in [5.74, 6) is 0.830. The van der Waals surface area contributed by atoms with E-state index < -0.39 is 6.10 Å². The first-order valence-corrected chi connectivity index (χ1v) is 8.36. The Bertz CT molecular complexity index is 486. The Morgan fingerprint density at radius 3 is 2.35 bits per heavy atom. The maximum Gasteiger partial charge on any atom is 0.119 e. The van der Waals surface area contributed by atoms with E-state index in [1.165, 1.54) is 24.8 Å². The topological polar surface area (TPSA) is 32.7 Å². The van der Waals surface area contributed by atoms with Gasteiger partial charge in [-0.1, -0.05) is 12.1 Å². The van der Waals surface area contributed by atoms with Crippen molar-refractivity contribution in [2.24, 2.45) is 0 Å². The summed E-state index contributed by atoms with van der Waals surface area (Å²) in [6.45, 7) is 12.2. The molecule has 0 bridgehead atoms. The summed E-state index contributed by atoms with van der Waals surface area (Å²) < 4.78 is 5.75. The zero-order valence-corrected chi connectivity index (χ0v) is 15.9. The van der Waals surface area contributed by atoms with Gasteiger partial charge in [0, 0.05) is 17.6 Å². The number of piperidine rings is 1. The molecule has 0 amide bonds. The van der Waals surface area contributed by atoms with Crippen LogP contribution in [0.3, 0.4) is 0 Å². The molecule has 3 nitrogen and oxygen atoms in total. The third-order valence-corrected chi connectivity index (χ3v) is 4.86. The second kappa shape index (κ2) is 7.87. The lowest BCUT2D eigenvalue weighted by Crippen LogP contribution is -2.60. The molecule has 0 saturated carbocycles. The van der Waals surface area contributed by atoms with E-state index in [-0.39, 0.29) is 23.5 Å². The Labute approximate surface area is 147 Å². The molecule has 1 heterocycles. The smallest absolute Gasteiger partial charge is 0.119 e. The number of β-amino-alcohol motifs (C(OH)–C–C–N with tert-alkyl or cyclic N) is 1. The number of nitrogens with zero attached hydrogens (tertiary/aromatic N) is 1. The lowest BCUT2D eigenvalue weighted by molar-refractivity contribution is -0.0606. The first-order valence-electron chi connectivity index (χ1n) is 8.36. The molecule has 23 heavy (non-hydrogen) atoms. The zero-order chi connectivity index (χ0) is 16.4. The van der Waals surface area contributed by atoms with E-state index in [0.29, 0.717) is 13.2 Å². The normalized spacial score (nSPS) is 21.3. The summed E-state index contributed by atoms with van der Waals surface area (Å²) in [5, 5.41) is 10.4. The molecule has 0 radical (unpaired) electrons.